The third-order valence-corrected chi connectivity index (χ3v) is 2.05. The molecule has 0 aromatic carbocycles. The van der Waals surface area contributed by atoms with Gasteiger partial charge in [-0.25, -0.2) is 4.98 Å². The highest BCUT2D eigenvalue weighted by molar-refractivity contribution is 5.23. The molecule has 0 aliphatic heterocycles. The van der Waals surface area contributed by atoms with Crippen molar-refractivity contribution in [1.29, 1.82) is 0 Å². The molecule has 1 aromatic rings. The second-order valence-corrected chi connectivity index (χ2v) is 3.96. The van der Waals surface area contributed by atoms with Crippen molar-refractivity contribution in [2.24, 2.45) is 0 Å². The number of aromatic nitrogens is 1. The average molecular weight is 251 g/mol. The molecule has 1 heterocycles. The molecule has 0 saturated heterocycles. The van der Waals surface area contributed by atoms with Gasteiger partial charge in [0.2, 0.25) is 5.88 Å². The van der Waals surface area contributed by atoms with Gasteiger partial charge in [0.15, 0.2) is 11.9 Å². The molecular weight excluding hydrogens is 239 g/mol. The van der Waals surface area contributed by atoms with E-state index in [0.29, 0.717) is 6.07 Å². The van der Waals surface area contributed by atoms with Gasteiger partial charge in [-0.2, -0.15) is 13.2 Å². The SMILES string of the molecule is CC(C)(Oc1cc(C(F)(F)F)ccn1)C(O)O. The Labute approximate surface area is 95.7 Å². The van der Waals surface area contributed by atoms with Crippen molar-refractivity contribution in [2.45, 2.75) is 31.9 Å². The summed E-state index contributed by atoms with van der Waals surface area (Å²) in [5.41, 5.74) is -2.36. The summed E-state index contributed by atoms with van der Waals surface area (Å²) < 4.78 is 42.1. The average Bonchev–Trinajstić information content (AvgIpc) is 2.15. The smallest absolute Gasteiger partial charge is 0.416 e. The molecule has 1 aromatic heterocycles. The molecule has 0 bridgehead atoms. The summed E-state index contributed by atoms with van der Waals surface area (Å²) in [5.74, 6) is -0.321. The first-order valence-corrected chi connectivity index (χ1v) is 4.71. The van der Waals surface area contributed by atoms with Gasteiger partial charge < -0.3 is 14.9 Å². The van der Waals surface area contributed by atoms with Gasteiger partial charge in [-0.15, -0.1) is 0 Å². The standard InChI is InChI=1S/C10H12F3NO3/c1-9(2,8(15)16)17-7-5-6(3-4-14-7)10(11,12)13/h3-5,8,15-16H,1-2H3. The lowest BCUT2D eigenvalue weighted by atomic mass is 10.1. The van der Waals surface area contributed by atoms with E-state index in [2.05, 4.69) is 4.98 Å². The van der Waals surface area contributed by atoms with Gasteiger partial charge >= 0.3 is 6.18 Å². The highest BCUT2D eigenvalue weighted by Gasteiger charge is 2.33. The zero-order chi connectivity index (χ0) is 13.3. The van der Waals surface area contributed by atoms with Crippen LogP contribution in [-0.2, 0) is 6.18 Å². The fraction of sp³-hybridized carbons (Fsp3) is 0.500. The molecule has 7 heteroatoms. The number of hydrogen-bond acceptors (Lipinski definition) is 4. The minimum atomic E-state index is -4.50. The number of halogens is 3. The molecule has 0 aliphatic carbocycles. The van der Waals surface area contributed by atoms with Crippen LogP contribution in [0.5, 0.6) is 5.88 Å². The summed E-state index contributed by atoms with van der Waals surface area (Å²) in [6.45, 7) is 2.64. The van der Waals surface area contributed by atoms with Crippen molar-refractivity contribution in [3.8, 4) is 5.88 Å². The van der Waals surface area contributed by atoms with Crippen molar-refractivity contribution in [3.63, 3.8) is 0 Å². The molecule has 0 amide bonds. The number of pyridine rings is 1. The highest BCUT2D eigenvalue weighted by atomic mass is 19.4. The highest BCUT2D eigenvalue weighted by Crippen LogP contribution is 2.31. The Kier molecular flexibility index (Phi) is 3.63. The van der Waals surface area contributed by atoms with E-state index >= 15 is 0 Å². The van der Waals surface area contributed by atoms with Gasteiger partial charge in [-0.3, -0.25) is 0 Å². The quantitative estimate of drug-likeness (QED) is 0.800. The topological polar surface area (TPSA) is 62.6 Å². The zero-order valence-corrected chi connectivity index (χ0v) is 9.19. The molecular formula is C10H12F3NO3. The first-order valence-electron chi connectivity index (χ1n) is 4.71. The van der Waals surface area contributed by atoms with Gasteiger partial charge in [0, 0.05) is 12.3 Å². The molecule has 0 spiro atoms. The number of rotatable bonds is 3. The van der Waals surface area contributed by atoms with Gasteiger partial charge in [-0.1, -0.05) is 0 Å². The molecule has 4 nitrogen and oxygen atoms in total. The van der Waals surface area contributed by atoms with E-state index in [0.717, 1.165) is 12.3 Å². The minimum absolute atomic E-state index is 0.321. The second kappa shape index (κ2) is 4.50. The first kappa shape index (κ1) is 13.7. The van der Waals surface area contributed by atoms with Crippen LogP contribution < -0.4 is 4.74 Å². The third kappa shape index (κ3) is 3.57. The second-order valence-electron chi connectivity index (χ2n) is 3.96. The van der Waals surface area contributed by atoms with Crippen LogP contribution in [0.3, 0.4) is 0 Å². The van der Waals surface area contributed by atoms with Crippen LogP contribution in [0.1, 0.15) is 19.4 Å². The van der Waals surface area contributed by atoms with Gasteiger partial charge in [0.05, 0.1) is 5.56 Å². The van der Waals surface area contributed by atoms with Gasteiger partial charge in [0.25, 0.3) is 0 Å². The molecule has 0 atom stereocenters. The van der Waals surface area contributed by atoms with E-state index < -0.39 is 23.6 Å². The Hall–Kier alpha value is -1.34. The van der Waals surface area contributed by atoms with Crippen molar-refractivity contribution >= 4 is 0 Å². The predicted molar refractivity (Wildman–Crippen MR) is 52.2 cm³/mol. The van der Waals surface area contributed by atoms with Crippen molar-refractivity contribution in [3.05, 3.63) is 23.9 Å². The van der Waals surface area contributed by atoms with Crippen LogP contribution in [0.25, 0.3) is 0 Å². The minimum Gasteiger partial charge on any atom is -0.466 e. The Bertz CT molecular complexity index is 391. The molecule has 2 N–H and O–H groups in total. The Morgan fingerprint density at radius 1 is 1.29 bits per heavy atom. The Morgan fingerprint density at radius 2 is 1.88 bits per heavy atom. The number of alkyl halides is 3. The molecule has 0 saturated carbocycles. The van der Waals surface area contributed by atoms with Crippen molar-refractivity contribution in [2.75, 3.05) is 0 Å². The monoisotopic (exact) mass is 251 g/mol. The third-order valence-electron chi connectivity index (χ3n) is 2.05. The van der Waals surface area contributed by atoms with E-state index in [1.165, 1.54) is 13.8 Å². The number of ether oxygens (including phenoxy) is 1. The Balaban J connectivity index is 2.94. The van der Waals surface area contributed by atoms with E-state index in [9.17, 15) is 13.2 Å². The number of nitrogens with zero attached hydrogens (tertiary/aromatic N) is 1. The molecule has 0 unspecified atom stereocenters. The maximum atomic E-state index is 12.4. The van der Waals surface area contributed by atoms with E-state index in [4.69, 9.17) is 14.9 Å². The van der Waals surface area contributed by atoms with Crippen molar-refractivity contribution in [1.82, 2.24) is 4.98 Å². The summed E-state index contributed by atoms with van der Waals surface area (Å²) in [7, 11) is 0. The summed E-state index contributed by atoms with van der Waals surface area (Å²) in [6.07, 6.45) is -5.39. The lowest BCUT2D eigenvalue weighted by Crippen LogP contribution is -2.42. The van der Waals surface area contributed by atoms with Crippen LogP contribution >= 0.6 is 0 Å². The summed E-state index contributed by atoms with van der Waals surface area (Å²) in [4.78, 5) is 3.58. The van der Waals surface area contributed by atoms with E-state index in [1.807, 2.05) is 0 Å². The van der Waals surface area contributed by atoms with Crippen LogP contribution in [0.2, 0.25) is 0 Å². The van der Waals surface area contributed by atoms with E-state index in [1.54, 1.807) is 0 Å². The molecule has 17 heavy (non-hydrogen) atoms. The summed E-state index contributed by atoms with van der Waals surface area (Å²) in [5, 5.41) is 17.9. The maximum Gasteiger partial charge on any atom is 0.416 e. The zero-order valence-electron chi connectivity index (χ0n) is 9.19. The molecule has 0 fully saturated rings. The fourth-order valence-electron chi connectivity index (χ4n) is 0.964. The molecule has 0 aliphatic rings. The van der Waals surface area contributed by atoms with Gasteiger partial charge in [0.1, 0.15) is 0 Å². The Morgan fingerprint density at radius 3 is 2.35 bits per heavy atom. The summed E-state index contributed by atoms with van der Waals surface area (Å²) in [6, 6.07) is 1.50. The maximum absolute atomic E-state index is 12.4. The first-order chi connectivity index (χ1) is 7.63. The largest absolute Gasteiger partial charge is 0.466 e. The lowest BCUT2D eigenvalue weighted by Gasteiger charge is -2.27. The molecule has 1 rings (SSSR count). The fourth-order valence-corrected chi connectivity index (χ4v) is 0.964. The van der Waals surface area contributed by atoms with E-state index in [-0.39, 0.29) is 5.88 Å². The van der Waals surface area contributed by atoms with Crippen LogP contribution in [0, 0.1) is 0 Å². The molecule has 0 radical (unpaired) electrons. The van der Waals surface area contributed by atoms with Crippen molar-refractivity contribution < 1.29 is 28.1 Å². The molecule has 96 valence electrons. The summed E-state index contributed by atoms with van der Waals surface area (Å²) >= 11 is 0. The van der Waals surface area contributed by atoms with Gasteiger partial charge in [-0.05, 0) is 19.9 Å². The lowest BCUT2D eigenvalue weighted by molar-refractivity contribution is -0.156. The van der Waals surface area contributed by atoms with Crippen LogP contribution in [-0.4, -0.2) is 27.1 Å². The predicted octanol–water partition coefficient (Wildman–Crippen LogP) is 1.57. The number of aliphatic hydroxyl groups is 2. The normalized spacial score (nSPS) is 12.9. The van der Waals surface area contributed by atoms with Crippen LogP contribution in [0.4, 0.5) is 13.2 Å². The number of aliphatic hydroxyl groups excluding tert-OH is 1. The number of hydrogen-bond donors (Lipinski definition) is 2. The van der Waals surface area contributed by atoms with Crippen LogP contribution in [0.15, 0.2) is 18.3 Å².